The molecule has 2 N–H and O–H groups in total. The maximum Gasteiger partial charge on any atom is 0.230 e. The summed E-state index contributed by atoms with van der Waals surface area (Å²) in [5.74, 6) is 1.34. The van der Waals surface area contributed by atoms with Gasteiger partial charge in [0.15, 0.2) is 17.4 Å². The number of amides is 1. The fourth-order valence-electron chi connectivity index (χ4n) is 3.33. The molecule has 33 heavy (non-hydrogen) atoms. The lowest BCUT2D eigenvalue weighted by molar-refractivity contribution is -0.123. The van der Waals surface area contributed by atoms with Crippen LogP contribution in [-0.2, 0) is 11.8 Å². The molecule has 1 saturated carbocycles. The van der Waals surface area contributed by atoms with Crippen LogP contribution in [0.4, 0.5) is 17.2 Å². The van der Waals surface area contributed by atoms with Crippen LogP contribution >= 0.6 is 0 Å². The first-order valence-electron chi connectivity index (χ1n) is 10.8. The molecule has 1 fully saturated rings. The summed E-state index contributed by atoms with van der Waals surface area (Å²) in [6.45, 7) is 5.48. The average molecular weight is 449 g/mol. The van der Waals surface area contributed by atoms with Crippen molar-refractivity contribution in [1.29, 1.82) is 0 Å². The van der Waals surface area contributed by atoms with Gasteiger partial charge in [0.2, 0.25) is 5.91 Å². The number of hydrogen-bond donors (Lipinski definition) is 2. The minimum atomic E-state index is -0.578. The van der Waals surface area contributed by atoms with Crippen molar-refractivity contribution in [1.82, 2.24) is 19.7 Å². The lowest BCUT2D eigenvalue weighted by atomic mass is 9.96. The summed E-state index contributed by atoms with van der Waals surface area (Å²) in [5.41, 5.74) is 1.82. The molecule has 0 bridgehead atoms. The van der Waals surface area contributed by atoms with Crippen molar-refractivity contribution in [2.24, 2.45) is 18.4 Å². The zero-order chi connectivity index (χ0) is 23.8. The van der Waals surface area contributed by atoms with Crippen molar-refractivity contribution >= 4 is 28.9 Å². The number of Topliss-reactive ketones (excluding diaryl/α,β-unsaturated/α-hetero) is 1. The predicted molar refractivity (Wildman–Crippen MR) is 126 cm³/mol. The Bertz CT molecular complexity index is 1210. The molecule has 0 spiro atoms. The fraction of sp³-hybridized carbons (Fsp3) is 0.375. The van der Waals surface area contributed by atoms with Gasteiger partial charge in [0.25, 0.3) is 0 Å². The van der Waals surface area contributed by atoms with Crippen LogP contribution in [-0.4, -0.2) is 38.5 Å². The van der Waals surface area contributed by atoms with Gasteiger partial charge in [-0.2, -0.15) is 5.10 Å². The molecule has 4 rings (SSSR count). The average Bonchev–Trinajstić information content (AvgIpc) is 3.53. The molecule has 2 heterocycles. The summed E-state index contributed by atoms with van der Waals surface area (Å²) in [4.78, 5) is 34.1. The van der Waals surface area contributed by atoms with Crippen LogP contribution in [0.2, 0.25) is 0 Å². The van der Waals surface area contributed by atoms with Crippen molar-refractivity contribution in [3.05, 3.63) is 42.4 Å². The maximum absolute atomic E-state index is 12.9. The molecular weight excluding hydrogens is 420 g/mol. The van der Waals surface area contributed by atoms with Crippen LogP contribution in [0, 0.1) is 11.3 Å². The van der Waals surface area contributed by atoms with Crippen LogP contribution < -0.4 is 15.4 Å². The van der Waals surface area contributed by atoms with Crippen LogP contribution in [0.15, 0.2) is 36.8 Å². The van der Waals surface area contributed by atoms with Crippen LogP contribution in [0.1, 0.15) is 44.0 Å². The van der Waals surface area contributed by atoms with E-state index in [4.69, 9.17) is 4.74 Å². The number of ketones is 1. The smallest absolute Gasteiger partial charge is 0.230 e. The van der Waals surface area contributed by atoms with E-state index in [1.165, 1.54) is 6.20 Å². The molecule has 2 aromatic heterocycles. The van der Waals surface area contributed by atoms with Gasteiger partial charge in [0.1, 0.15) is 12.1 Å². The van der Waals surface area contributed by atoms with Gasteiger partial charge in [0.05, 0.1) is 29.6 Å². The van der Waals surface area contributed by atoms with Crippen molar-refractivity contribution in [2.45, 2.75) is 33.6 Å². The van der Waals surface area contributed by atoms with E-state index in [2.05, 4.69) is 25.7 Å². The summed E-state index contributed by atoms with van der Waals surface area (Å²) < 4.78 is 7.31. The Hall–Kier alpha value is -3.75. The van der Waals surface area contributed by atoms with E-state index >= 15 is 0 Å². The minimum Gasteiger partial charge on any atom is -0.494 e. The van der Waals surface area contributed by atoms with Crippen LogP contribution in [0.5, 0.6) is 5.75 Å². The van der Waals surface area contributed by atoms with E-state index in [-0.39, 0.29) is 17.6 Å². The van der Waals surface area contributed by atoms with Gasteiger partial charge < -0.3 is 15.4 Å². The lowest BCUT2D eigenvalue weighted by Crippen LogP contribution is -2.28. The topological polar surface area (TPSA) is 111 Å². The second-order valence-electron chi connectivity index (χ2n) is 9.21. The highest BCUT2D eigenvalue weighted by Crippen LogP contribution is 2.39. The molecule has 0 aliphatic heterocycles. The first-order valence-corrected chi connectivity index (χ1v) is 10.8. The Morgan fingerprint density at radius 1 is 1.15 bits per heavy atom. The standard InChI is InChI=1S/C24H28N6O3/c1-24(2,3)23(32)28-19-11-18(16(12-25-19)20(31)14-9-10-14)27-17-8-6-7-15(21(17)33-5)22-26-13-30(4)29-22/h6-8,11-14H,9-10H2,1-5H3,(H2,25,27,28,32). The molecule has 3 aromatic rings. The number of methoxy groups -OCH3 is 1. The molecule has 9 nitrogen and oxygen atoms in total. The number of aromatic nitrogens is 4. The molecule has 0 radical (unpaired) electrons. The second-order valence-corrected chi connectivity index (χ2v) is 9.21. The molecule has 172 valence electrons. The molecule has 9 heteroatoms. The monoisotopic (exact) mass is 448 g/mol. The summed E-state index contributed by atoms with van der Waals surface area (Å²) in [7, 11) is 3.37. The van der Waals surface area contributed by atoms with E-state index in [9.17, 15) is 9.59 Å². The van der Waals surface area contributed by atoms with Gasteiger partial charge in [-0.3, -0.25) is 14.3 Å². The van der Waals surface area contributed by atoms with E-state index in [1.807, 2.05) is 39.0 Å². The zero-order valence-electron chi connectivity index (χ0n) is 19.5. The molecular formula is C24H28N6O3. The Morgan fingerprint density at radius 2 is 1.91 bits per heavy atom. The number of pyridine rings is 1. The van der Waals surface area contributed by atoms with Gasteiger partial charge in [-0.25, -0.2) is 9.97 Å². The number of carbonyl (C=O) groups excluding carboxylic acids is 2. The zero-order valence-corrected chi connectivity index (χ0v) is 19.5. The first-order chi connectivity index (χ1) is 15.7. The number of benzene rings is 1. The molecule has 1 amide bonds. The Balaban J connectivity index is 1.73. The number of para-hydroxylation sites is 1. The highest BCUT2D eigenvalue weighted by Gasteiger charge is 2.32. The SMILES string of the molecule is COc1c(Nc2cc(NC(=O)C(C)(C)C)ncc2C(=O)C2CC2)cccc1-c1ncn(C)n1. The van der Waals surface area contributed by atoms with Gasteiger partial charge in [-0.1, -0.05) is 26.8 Å². The summed E-state index contributed by atoms with van der Waals surface area (Å²) >= 11 is 0. The Labute approximate surface area is 192 Å². The van der Waals surface area contributed by atoms with Gasteiger partial charge >= 0.3 is 0 Å². The number of rotatable bonds is 7. The second kappa shape index (κ2) is 8.65. The molecule has 1 aliphatic rings. The fourth-order valence-corrected chi connectivity index (χ4v) is 3.33. The molecule has 0 atom stereocenters. The van der Waals surface area contributed by atoms with Crippen molar-refractivity contribution in [2.75, 3.05) is 17.7 Å². The number of ether oxygens (including phenoxy) is 1. The summed E-state index contributed by atoms with van der Waals surface area (Å²) in [5, 5.41) is 10.5. The van der Waals surface area contributed by atoms with E-state index < -0.39 is 5.41 Å². The van der Waals surface area contributed by atoms with Crippen molar-refractivity contribution in [3.8, 4) is 17.1 Å². The number of carbonyl (C=O) groups is 2. The van der Waals surface area contributed by atoms with Crippen molar-refractivity contribution < 1.29 is 14.3 Å². The lowest BCUT2D eigenvalue weighted by Gasteiger charge is -2.19. The highest BCUT2D eigenvalue weighted by molar-refractivity contribution is 6.05. The first kappa shape index (κ1) is 22.4. The maximum atomic E-state index is 12.9. The van der Waals surface area contributed by atoms with E-state index in [1.54, 1.807) is 31.2 Å². The largest absolute Gasteiger partial charge is 0.494 e. The molecule has 1 aromatic carbocycles. The van der Waals surface area contributed by atoms with Gasteiger partial charge in [0, 0.05) is 30.6 Å². The van der Waals surface area contributed by atoms with Gasteiger partial charge in [-0.05, 0) is 25.0 Å². The predicted octanol–water partition coefficient (Wildman–Crippen LogP) is 4.21. The van der Waals surface area contributed by atoms with Crippen LogP contribution in [0.25, 0.3) is 11.4 Å². The quantitative estimate of drug-likeness (QED) is 0.521. The molecule has 0 unspecified atom stereocenters. The number of nitrogens with one attached hydrogen (secondary N) is 2. The normalized spacial score (nSPS) is 13.5. The third-order valence-electron chi connectivity index (χ3n) is 5.37. The Kier molecular flexibility index (Phi) is 5.88. The van der Waals surface area contributed by atoms with E-state index in [0.29, 0.717) is 39.9 Å². The summed E-state index contributed by atoms with van der Waals surface area (Å²) in [6, 6.07) is 7.27. The van der Waals surface area contributed by atoms with Crippen molar-refractivity contribution in [3.63, 3.8) is 0 Å². The number of nitrogens with zero attached hydrogens (tertiary/aromatic N) is 4. The molecule has 1 aliphatic carbocycles. The highest BCUT2D eigenvalue weighted by atomic mass is 16.5. The Morgan fingerprint density at radius 3 is 2.52 bits per heavy atom. The van der Waals surface area contributed by atoms with Crippen LogP contribution in [0.3, 0.4) is 0 Å². The number of hydrogen-bond acceptors (Lipinski definition) is 7. The summed E-state index contributed by atoms with van der Waals surface area (Å²) in [6.07, 6.45) is 4.90. The third-order valence-corrected chi connectivity index (χ3v) is 5.37. The van der Waals surface area contributed by atoms with E-state index in [0.717, 1.165) is 12.8 Å². The number of anilines is 3. The minimum absolute atomic E-state index is 0.0216. The van der Waals surface area contributed by atoms with Gasteiger partial charge in [-0.15, -0.1) is 0 Å². The third kappa shape index (κ3) is 4.87. The molecule has 0 saturated heterocycles. The number of aryl methyl sites for hydroxylation is 1.